The van der Waals surface area contributed by atoms with Crippen LogP contribution in [0.25, 0.3) is 0 Å². The van der Waals surface area contributed by atoms with Gasteiger partial charge < -0.3 is 10.3 Å². The minimum atomic E-state index is -0.451. The number of ketones is 1. The second-order valence-corrected chi connectivity index (χ2v) is 3.35. The number of hydrogen-bond acceptors (Lipinski definition) is 3. The quantitative estimate of drug-likeness (QED) is 0.738. The summed E-state index contributed by atoms with van der Waals surface area (Å²) < 4.78 is 0. The van der Waals surface area contributed by atoms with Crippen LogP contribution in [-0.4, -0.2) is 27.7 Å². The third-order valence-electron chi connectivity index (χ3n) is 2.09. The molecule has 0 bridgehead atoms. The number of Topliss-reactive ketones (excluding diaryl/α,β-unsaturated/α-hetero) is 1. The van der Waals surface area contributed by atoms with Gasteiger partial charge in [-0.1, -0.05) is 6.92 Å². The third kappa shape index (κ3) is 3.53. The predicted molar refractivity (Wildman–Crippen MR) is 55.2 cm³/mol. The van der Waals surface area contributed by atoms with Gasteiger partial charge in [0.25, 0.3) is 0 Å². The molecule has 82 valence electrons. The molecule has 1 rings (SSSR count). The van der Waals surface area contributed by atoms with Gasteiger partial charge in [0, 0.05) is 31.7 Å². The molecule has 0 aliphatic rings. The van der Waals surface area contributed by atoms with Gasteiger partial charge >= 0.3 is 0 Å². The van der Waals surface area contributed by atoms with E-state index in [9.17, 15) is 9.59 Å². The lowest BCUT2D eigenvalue weighted by atomic mass is 10.1. The molecule has 0 saturated carbocycles. The maximum Gasteiger partial charge on any atom is 0.217 e. The summed E-state index contributed by atoms with van der Waals surface area (Å²) in [7, 11) is 0. The summed E-state index contributed by atoms with van der Waals surface area (Å²) in [5.41, 5.74) is 0.843. The Balaban J connectivity index is 2.64. The van der Waals surface area contributed by atoms with E-state index in [-0.39, 0.29) is 11.7 Å². The summed E-state index contributed by atoms with van der Waals surface area (Å²) in [5, 5.41) is 2.63. The fourth-order valence-corrected chi connectivity index (χ4v) is 1.35. The molecule has 0 aliphatic carbocycles. The highest BCUT2D eigenvalue weighted by Gasteiger charge is 2.18. The molecule has 15 heavy (non-hydrogen) atoms. The van der Waals surface area contributed by atoms with Crippen LogP contribution < -0.4 is 5.32 Å². The van der Waals surface area contributed by atoms with Crippen molar-refractivity contribution in [3.63, 3.8) is 0 Å². The van der Waals surface area contributed by atoms with Crippen LogP contribution in [0.4, 0.5) is 0 Å². The molecule has 1 aromatic heterocycles. The van der Waals surface area contributed by atoms with E-state index in [2.05, 4.69) is 15.3 Å². The van der Waals surface area contributed by atoms with Crippen molar-refractivity contribution in [2.45, 2.75) is 32.7 Å². The van der Waals surface area contributed by atoms with E-state index in [4.69, 9.17) is 0 Å². The second-order valence-electron chi connectivity index (χ2n) is 3.35. The van der Waals surface area contributed by atoms with Crippen molar-refractivity contribution < 1.29 is 9.59 Å². The smallest absolute Gasteiger partial charge is 0.217 e. The number of aromatic amines is 1. The average molecular weight is 209 g/mol. The van der Waals surface area contributed by atoms with Crippen LogP contribution in [0.3, 0.4) is 0 Å². The number of amides is 1. The zero-order valence-electron chi connectivity index (χ0n) is 8.91. The molecule has 1 heterocycles. The van der Waals surface area contributed by atoms with Gasteiger partial charge in [0.2, 0.25) is 5.91 Å². The van der Waals surface area contributed by atoms with Gasteiger partial charge in [0.05, 0.1) is 12.4 Å². The van der Waals surface area contributed by atoms with E-state index in [0.717, 1.165) is 5.69 Å². The van der Waals surface area contributed by atoms with Crippen LogP contribution in [-0.2, 0) is 16.0 Å². The van der Waals surface area contributed by atoms with E-state index < -0.39 is 6.04 Å². The lowest BCUT2D eigenvalue weighted by molar-refractivity contribution is -0.126. The molecule has 5 heteroatoms. The molecule has 0 aromatic carbocycles. The number of nitrogens with zero attached hydrogens (tertiary/aromatic N) is 1. The highest BCUT2D eigenvalue weighted by Crippen LogP contribution is 2.01. The van der Waals surface area contributed by atoms with E-state index in [1.54, 1.807) is 19.4 Å². The lowest BCUT2D eigenvalue weighted by Crippen LogP contribution is -2.41. The Hall–Kier alpha value is -1.65. The van der Waals surface area contributed by atoms with Gasteiger partial charge in [-0.2, -0.15) is 0 Å². The summed E-state index contributed by atoms with van der Waals surface area (Å²) in [4.78, 5) is 29.2. The van der Waals surface area contributed by atoms with Gasteiger partial charge in [-0.3, -0.25) is 9.59 Å². The first-order valence-corrected chi connectivity index (χ1v) is 4.90. The van der Waals surface area contributed by atoms with Crippen LogP contribution in [0, 0.1) is 0 Å². The number of imidazole rings is 1. The average Bonchev–Trinajstić information content (AvgIpc) is 2.67. The predicted octanol–water partition coefficient (Wildman–Crippen LogP) is 0.436. The van der Waals surface area contributed by atoms with Gasteiger partial charge in [-0.15, -0.1) is 0 Å². The molecule has 0 fully saturated rings. The van der Waals surface area contributed by atoms with Gasteiger partial charge in [0.1, 0.15) is 0 Å². The van der Waals surface area contributed by atoms with Crippen molar-refractivity contribution in [1.29, 1.82) is 0 Å². The van der Waals surface area contributed by atoms with Gasteiger partial charge in [0.15, 0.2) is 5.78 Å². The first kappa shape index (κ1) is 11.4. The molecular weight excluding hydrogens is 194 g/mol. The Kier molecular flexibility index (Phi) is 4.03. The van der Waals surface area contributed by atoms with Gasteiger partial charge in [-0.05, 0) is 0 Å². The van der Waals surface area contributed by atoms with Crippen LogP contribution in [0.2, 0.25) is 0 Å². The monoisotopic (exact) mass is 209 g/mol. The SMILES string of the molecule is CCC(=O)C(Cc1cnc[nH]1)NC(C)=O. The first-order chi connectivity index (χ1) is 7.13. The first-order valence-electron chi connectivity index (χ1n) is 4.90. The Morgan fingerprint density at radius 1 is 1.60 bits per heavy atom. The highest BCUT2D eigenvalue weighted by molar-refractivity contribution is 5.88. The molecule has 1 aromatic rings. The molecule has 0 radical (unpaired) electrons. The third-order valence-corrected chi connectivity index (χ3v) is 2.09. The van der Waals surface area contributed by atoms with Crippen molar-refractivity contribution >= 4 is 11.7 Å². The van der Waals surface area contributed by atoms with Crippen LogP contribution >= 0.6 is 0 Å². The Labute approximate surface area is 88.3 Å². The maximum absolute atomic E-state index is 11.5. The Morgan fingerprint density at radius 2 is 2.33 bits per heavy atom. The normalized spacial score (nSPS) is 12.1. The van der Waals surface area contributed by atoms with E-state index in [0.29, 0.717) is 12.8 Å². The molecule has 1 unspecified atom stereocenters. The van der Waals surface area contributed by atoms with Crippen LogP contribution in [0.15, 0.2) is 12.5 Å². The lowest BCUT2D eigenvalue weighted by Gasteiger charge is -2.14. The van der Waals surface area contributed by atoms with Crippen LogP contribution in [0.1, 0.15) is 26.0 Å². The van der Waals surface area contributed by atoms with Gasteiger partial charge in [-0.25, -0.2) is 4.98 Å². The maximum atomic E-state index is 11.5. The Bertz CT molecular complexity index is 332. The van der Waals surface area contributed by atoms with Crippen molar-refractivity contribution in [2.75, 3.05) is 0 Å². The number of hydrogen-bond donors (Lipinski definition) is 2. The fourth-order valence-electron chi connectivity index (χ4n) is 1.35. The zero-order valence-corrected chi connectivity index (χ0v) is 8.91. The standard InChI is InChI=1S/C10H15N3O2/c1-3-10(15)9(13-7(2)14)4-8-5-11-6-12-8/h5-6,9H,3-4H2,1-2H3,(H,11,12)(H,13,14). The largest absolute Gasteiger partial charge is 0.348 e. The molecule has 0 saturated heterocycles. The van der Waals surface area contributed by atoms with Crippen molar-refractivity contribution in [3.8, 4) is 0 Å². The van der Waals surface area contributed by atoms with E-state index >= 15 is 0 Å². The number of carbonyl (C=O) groups is 2. The Morgan fingerprint density at radius 3 is 2.80 bits per heavy atom. The zero-order chi connectivity index (χ0) is 11.3. The summed E-state index contributed by atoms with van der Waals surface area (Å²) in [6.07, 6.45) is 4.08. The highest BCUT2D eigenvalue weighted by atomic mass is 16.2. The summed E-state index contributed by atoms with van der Waals surface area (Å²) in [6, 6.07) is -0.451. The van der Waals surface area contributed by atoms with E-state index in [1.807, 2.05) is 0 Å². The van der Waals surface area contributed by atoms with E-state index in [1.165, 1.54) is 6.92 Å². The van der Waals surface area contributed by atoms with Crippen molar-refractivity contribution in [2.24, 2.45) is 0 Å². The number of H-pyrrole nitrogens is 1. The molecule has 0 aliphatic heterocycles. The molecule has 0 spiro atoms. The molecule has 2 N–H and O–H groups in total. The van der Waals surface area contributed by atoms with Crippen molar-refractivity contribution in [1.82, 2.24) is 15.3 Å². The van der Waals surface area contributed by atoms with Crippen molar-refractivity contribution in [3.05, 3.63) is 18.2 Å². The summed E-state index contributed by atoms with van der Waals surface area (Å²) in [6.45, 7) is 3.19. The summed E-state index contributed by atoms with van der Waals surface area (Å²) >= 11 is 0. The summed E-state index contributed by atoms with van der Waals surface area (Å²) in [5.74, 6) is -0.166. The minimum absolute atomic E-state index is 0.0276. The number of carbonyl (C=O) groups excluding carboxylic acids is 2. The number of rotatable bonds is 5. The van der Waals surface area contributed by atoms with Crippen LogP contribution in [0.5, 0.6) is 0 Å². The minimum Gasteiger partial charge on any atom is -0.348 e. The number of nitrogens with one attached hydrogen (secondary N) is 2. The molecule has 5 nitrogen and oxygen atoms in total. The molecular formula is C10H15N3O2. The topological polar surface area (TPSA) is 74.8 Å². The molecule has 1 amide bonds. The number of aromatic nitrogens is 2. The second kappa shape index (κ2) is 5.29. The fraction of sp³-hybridized carbons (Fsp3) is 0.500. The molecule has 1 atom stereocenters.